The van der Waals surface area contributed by atoms with Crippen molar-refractivity contribution < 1.29 is 17.9 Å². The number of hydrogen-bond donors (Lipinski definition) is 0. The molecule has 1 aliphatic heterocycles. The third-order valence-corrected chi connectivity index (χ3v) is 7.27. The Morgan fingerprint density at radius 3 is 2.38 bits per heavy atom. The summed E-state index contributed by atoms with van der Waals surface area (Å²) in [7, 11) is -0.610. The van der Waals surface area contributed by atoms with Crippen LogP contribution in [0.1, 0.15) is 17.3 Å². The molecule has 4 rings (SSSR count). The number of halogens is 1. The number of fused-ring (bicyclic) bond motifs is 1. The van der Waals surface area contributed by atoms with E-state index < -0.39 is 16.1 Å². The Bertz CT molecular complexity index is 1130. The predicted octanol–water partition coefficient (Wildman–Crippen LogP) is 3.95. The van der Waals surface area contributed by atoms with Crippen LogP contribution in [0.4, 0.5) is 0 Å². The summed E-state index contributed by atoms with van der Waals surface area (Å²) in [5.41, 5.74) is 1.71. The van der Waals surface area contributed by atoms with Crippen LogP contribution in [-0.4, -0.2) is 38.1 Å². The van der Waals surface area contributed by atoms with Crippen LogP contribution in [0, 0.1) is 0 Å². The van der Waals surface area contributed by atoms with Gasteiger partial charge in [0.2, 0.25) is 10.0 Å². The number of nitrogens with zero attached hydrogens (tertiary/aromatic N) is 2. The summed E-state index contributed by atoms with van der Waals surface area (Å²) in [5, 5.41) is 0.493. The van der Waals surface area contributed by atoms with Gasteiger partial charge in [0.1, 0.15) is 0 Å². The number of rotatable bonds is 5. The Kier molecular flexibility index (Phi) is 5.29. The number of ether oxygens (including phenoxy) is 2. The first-order valence-electron chi connectivity index (χ1n) is 9.10. The average Bonchev–Trinajstić information content (AvgIpc) is 3.21. The predicted molar refractivity (Wildman–Crippen MR) is 111 cm³/mol. The third kappa shape index (κ3) is 3.50. The summed E-state index contributed by atoms with van der Waals surface area (Å²) in [5.74, 6) is 1.15. The van der Waals surface area contributed by atoms with E-state index in [0.717, 1.165) is 11.3 Å². The largest absolute Gasteiger partial charge is 0.493 e. The van der Waals surface area contributed by atoms with Crippen LogP contribution >= 0.6 is 11.6 Å². The van der Waals surface area contributed by atoms with Crippen molar-refractivity contribution in [3.05, 3.63) is 77.1 Å². The van der Waals surface area contributed by atoms with Gasteiger partial charge in [-0.2, -0.15) is 4.31 Å². The first-order valence-corrected chi connectivity index (χ1v) is 10.9. The molecule has 0 bridgehead atoms. The molecule has 152 valence electrons. The quantitative estimate of drug-likeness (QED) is 0.612. The zero-order chi connectivity index (χ0) is 20.6. The highest BCUT2D eigenvalue weighted by molar-refractivity contribution is 7.89. The molecule has 8 heteroatoms. The third-order valence-electron chi connectivity index (χ3n) is 5.14. The molecule has 6 nitrogen and oxygen atoms in total. The van der Waals surface area contributed by atoms with Gasteiger partial charge in [-0.05, 0) is 54.1 Å². The Morgan fingerprint density at radius 1 is 0.966 bits per heavy atom. The van der Waals surface area contributed by atoms with Crippen LogP contribution in [0.3, 0.4) is 0 Å². The molecule has 0 fully saturated rings. The summed E-state index contributed by atoms with van der Waals surface area (Å²) in [4.78, 5) is 0.215. The molecule has 0 aliphatic carbocycles. The minimum absolute atomic E-state index is 0.215. The lowest BCUT2D eigenvalue weighted by Gasteiger charge is -2.36. The van der Waals surface area contributed by atoms with E-state index in [-0.39, 0.29) is 4.90 Å². The Balaban J connectivity index is 1.85. The van der Waals surface area contributed by atoms with Gasteiger partial charge in [-0.15, -0.1) is 0 Å². The number of methoxy groups -OCH3 is 2. The second-order valence-corrected chi connectivity index (χ2v) is 9.04. The van der Waals surface area contributed by atoms with E-state index in [1.807, 2.05) is 30.5 Å². The highest BCUT2D eigenvalue weighted by Crippen LogP contribution is 2.39. The summed E-state index contributed by atoms with van der Waals surface area (Å²) >= 11 is 5.95. The van der Waals surface area contributed by atoms with Gasteiger partial charge in [-0.1, -0.05) is 17.7 Å². The van der Waals surface area contributed by atoms with E-state index in [2.05, 4.69) is 4.57 Å². The minimum atomic E-state index is -3.74. The second kappa shape index (κ2) is 7.74. The van der Waals surface area contributed by atoms with Gasteiger partial charge >= 0.3 is 0 Å². The maximum Gasteiger partial charge on any atom is 0.244 e. The number of benzene rings is 2. The van der Waals surface area contributed by atoms with Crippen molar-refractivity contribution in [3.8, 4) is 11.5 Å². The van der Waals surface area contributed by atoms with E-state index in [9.17, 15) is 8.42 Å². The summed E-state index contributed by atoms with van der Waals surface area (Å²) in [6, 6.07) is 15.2. The maximum absolute atomic E-state index is 13.5. The van der Waals surface area contributed by atoms with Gasteiger partial charge in [0, 0.05) is 30.0 Å². The maximum atomic E-state index is 13.5. The molecule has 2 aromatic carbocycles. The molecule has 0 amide bonds. The van der Waals surface area contributed by atoms with Crippen LogP contribution in [0.2, 0.25) is 5.02 Å². The normalized spacial score (nSPS) is 17.0. The monoisotopic (exact) mass is 432 g/mol. The summed E-state index contributed by atoms with van der Waals surface area (Å²) < 4.78 is 41.4. The smallest absolute Gasteiger partial charge is 0.244 e. The molecule has 1 unspecified atom stereocenters. The number of sulfonamides is 1. The molecule has 0 spiro atoms. The lowest BCUT2D eigenvalue weighted by atomic mass is 10.0. The van der Waals surface area contributed by atoms with Crippen LogP contribution in [-0.2, 0) is 16.6 Å². The SMILES string of the molecule is COc1ccc(C2c3cccn3CCN2S(=O)(=O)c2ccc(Cl)cc2)cc1OC. The van der Waals surface area contributed by atoms with Gasteiger partial charge in [0.15, 0.2) is 11.5 Å². The second-order valence-electron chi connectivity index (χ2n) is 6.71. The first-order chi connectivity index (χ1) is 14.0. The molecular weight excluding hydrogens is 412 g/mol. The zero-order valence-electron chi connectivity index (χ0n) is 16.1. The zero-order valence-corrected chi connectivity index (χ0v) is 17.7. The average molecular weight is 433 g/mol. The standard InChI is InChI=1S/C21H21ClN2O4S/c1-27-19-10-5-15(14-20(19)28-2)21-18-4-3-11-23(18)12-13-24(21)29(25,26)17-8-6-16(22)7-9-17/h3-11,14,21H,12-13H2,1-2H3. The highest BCUT2D eigenvalue weighted by atomic mass is 35.5. The first kappa shape index (κ1) is 19.8. The van der Waals surface area contributed by atoms with E-state index in [4.69, 9.17) is 21.1 Å². The molecule has 2 heterocycles. The van der Waals surface area contributed by atoms with Gasteiger partial charge in [-0.3, -0.25) is 0 Å². The molecule has 1 atom stereocenters. The van der Waals surface area contributed by atoms with Crippen molar-refractivity contribution in [2.75, 3.05) is 20.8 Å². The van der Waals surface area contributed by atoms with E-state index in [1.54, 1.807) is 32.4 Å². The molecule has 0 N–H and O–H groups in total. The van der Waals surface area contributed by atoms with Crippen molar-refractivity contribution in [1.29, 1.82) is 0 Å². The van der Waals surface area contributed by atoms with Gasteiger partial charge < -0.3 is 14.0 Å². The fraction of sp³-hybridized carbons (Fsp3) is 0.238. The van der Waals surface area contributed by atoms with Crippen LogP contribution < -0.4 is 9.47 Å². The molecule has 1 aliphatic rings. The van der Waals surface area contributed by atoms with Crippen molar-refractivity contribution in [2.45, 2.75) is 17.5 Å². The van der Waals surface area contributed by atoms with E-state index in [0.29, 0.717) is 29.6 Å². The topological polar surface area (TPSA) is 60.8 Å². The molecule has 1 aromatic heterocycles. The summed E-state index contributed by atoms with van der Waals surface area (Å²) in [6.07, 6.45) is 1.97. The molecule has 3 aromatic rings. The lowest BCUT2D eigenvalue weighted by Crippen LogP contribution is -2.42. The fourth-order valence-electron chi connectivity index (χ4n) is 3.72. The molecule has 0 saturated carbocycles. The highest BCUT2D eigenvalue weighted by Gasteiger charge is 2.37. The molecule has 0 saturated heterocycles. The Hall–Kier alpha value is -2.48. The molecule has 0 radical (unpaired) electrons. The van der Waals surface area contributed by atoms with Gasteiger partial charge in [0.25, 0.3) is 0 Å². The molecular formula is C21H21ClN2O4S. The summed E-state index contributed by atoms with van der Waals surface area (Å²) in [6.45, 7) is 0.935. The fourth-order valence-corrected chi connectivity index (χ4v) is 5.43. The van der Waals surface area contributed by atoms with Crippen LogP contribution in [0.15, 0.2) is 65.7 Å². The lowest BCUT2D eigenvalue weighted by molar-refractivity contribution is 0.296. The van der Waals surface area contributed by atoms with Gasteiger partial charge in [0.05, 0.1) is 25.2 Å². The van der Waals surface area contributed by atoms with Crippen LogP contribution in [0.25, 0.3) is 0 Å². The molecule has 29 heavy (non-hydrogen) atoms. The van der Waals surface area contributed by atoms with Crippen molar-refractivity contribution in [2.24, 2.45) is 0 Å². The van der Waals surface area contributed by atoms with Gasteiger partial charge in [-0.25, -0.2) is 8.42 Å². The number of hydrogen-bond acceptors (Lipinski definition) is 4. The van der Waals surface area contributed by atoms with Crippen molar-refractivity contribution in [1.82, 2.24) is 8.87 Å². The van der Waals surface area contributed by atoms with Crippen molar-refractivity contribution in [3.63, 3.8) is 0 Å². The van der Waals surface area contributed by atoms with Crippen molar-refractivity contribution >= 4 is 21.6 Å². The number of aromatic nitrogens is 1. The van der Waals surface area contributed by atoms with E-state index in [1.165, 1.54) is 16.4 Å². The Labute approximate surface area is 175 Å². The Morgan fingerprint density at radius 2 is 1.69 bits per heavy atom. The van der Waals surface area contributed by atoms with Crippen LogP contribution in [0.5, 0.6) is 11.5 Å². The minimum Gasteiger partial charge on any atom is -0.493 e. The van der Waals surface area contributed by atoms with E-state index >= 15 is 0 Å².